The SMILES string of the molecule is COC(=O)COc1cc(C)c(CO)c(Br)c1. The predicted octanol–water partition coefficient (Wildman–Crippen LogP) is 1.80. The Balaban J connectivity index is 2.79. The van der Waals surface area contributed by atoms with Crippen molar-refractivity contribution in [1.82, 2.24) is 0 Å². The van der Waals surface area contributed by atoms with Gasteiger partial charge in [-0.1, -0.05) is 15.9 Å². The van der Waals surface area contributed by atoms with Crippen molar-refractivity contribution >= 4 is 21.9 Å². The molecule has 0 unspecified atom stereocenters. The molecule has 0 fully saturated rings. The minimum absolute atomic E-state index is 0.0380. The van der Waals surface area contributed by atoms with Crippen molar-refractivity contribution in [3.63, 3.8) is 0 Å². The fourth-order valence-electron chi connectivity index (χ4n) is 1.23. The van der Waals surface area contributed by atoms with Crippen molar-refractivity contribution in [3.8, 4) is 5.75 Å². The molecule has 5 heteroatoms. The highest BCUT2D eigenvalue weighted by atomic mass is 79.9. The summed E-state index contributed by atoms with van der Waals surface area (Å²) in [6.07, 6.45) is 0. The molecule has 1 N–H and O–H groups in total. The summed E-state index contributed by atoms with van der Waals surface area (Å²) in [5, 5.41) is 9.10. The van der Waals surface area contributed by atoms with Gasteiger partial charge in [0.25, 0.3) is 0 Å². The summed E-state index contributed by atoms with van der Waals surface area (Å²) in [6.45, 7) is 1.70. The van der Waals surface area contributed by atoms with Crippen LogP contribution in [0.4, 0.5) is 0 Å². The zero-order valence-corrected chi connectivity index (χ0v) is 10.7. The Hall–Kier alpha value is -1.07. The van der Waals surface area contributed by atoms with Gasteiger partial charge in [-0.05, 0) is 30.2 Å². The van der Waals surface area contributed by atoms with Gasteiger partial charge in [0.2, 0.25) is 0 Å². The number of hydrogen-bond donors (Lipinski definition) is 1. The summed E-state index contributed by atoms with van der Waals surface area (Å²) in [5.74, 6) is 0.131. The molecule has 16 heavy (non-hydrogen) atoms. The largest absolute Gasteiger partial charge is 0.482 e. The number of ether oxygens (including phenoxy) is 2. The van der Waals surface area contributed by atoms with E-state index in [0.29, 0.717) is 5.75 Å². The van der Waals surface area contributed by atoms with Gasteiger partial charge in [0.15, 0.2) is 6.61 Å². The molecule has 4 nitrogen and oxygen atoms in total. The molecule has 0 bridgehead atoms. The number of rotatable bonds is 4. The van der Waals surface area contributed by atoms with E-state index >= 15 is 0 Å². The number of aryl methyl sites for hydroxylation is 1. The highest BCUT2D eigenvalue weighted by Gasteiger charge is 2.07. The number of halogens is 1. The molecule has 0 aromatic heterocycles. The van der Waals surface area contributed by atoms with Crippen molar-refractivity contribution < 1.29 is 19.4 Å². The fraction of sp³-hybridized carbons (Fsp3) is 0.364. The Bertz CT molecular complexity index is 367. The van der Waals surface area contributed by atoms with E-state index in [0.717, 1.165) is 15.6 Å². The molecule has 1 aromatic carbocycles. The van der Waals surface area contributed by atoms with E-state index in [1.54, 1.807) is 12.1 Å². The van der Waals surface area contributed by atoms with E-state index in [-0.39, 0.29) is 13.2 Å². The van der Waals surface area contributed by atoms with Gasteiger partial charge in [0, 0.05) is 4.47 Å². The van der Waals surface area contributed by atoms with Gasteiger partial charge < -0.3 is 14.6 Å². The van der Waals surface area contributed by atoms with E-state index in [4.69, 9.17) is 9.84 Å². The molecule has 0 saturated heterocycles. The number of carbonyl (C=O) groups is 1. The standard InChI is InChI=1S/C11H13BrO4/c1-7-3-8(16-6-11(14)15-2)4-10(12)9(7)5-13/h3-4,13H,5-6H2,1-2H3. The quantitative estimate of drug-likeness (QED) is 0.859. The first-order valence-corrected chi connectivity index (χ1v) is 5.47. The van der Waals surface area contributed by atoms with Crippen molar-refractivity contribution in [2.24, 2.45) is 0 Å². The highest BCUT2D eigenvalue weighted by molar-refractivity contribution is 9.10. The van der Waals surface area contributed by atoms with Gasteiger partial charge in [-0.3, -0.25) is 0 Å². The Kier molecular flexibility index (Phi) is 4.76. The predicted molar refractivity (Wildman–Crippen MR) is 62.3 cm³/mol. The lowest BCUT2D eigenvalue weighted by atomic mass is 10.1. The third-order valence-corrected chi connectivity index (χ3v) is 2.84. The molecule has 1 rings (SSSR count). The van der Waals surface area contributed by atoms with Crippen molar-refractivity contribution in [3.05, 3.63) is 27.7 Å². The van der Waals surface area contributed by atoms with Crippen LogP contribution in [0.15, 0.2) is 16.6 Å². The molecule has 0 atom stereocenters. The van der Waals surface area contributed by atoms with Crippen LogP contribution in [-0.2, 0) is 16.1 Å². The maximum atomic E-state index is 10.9. The number of methoxy groups -OCH3 is 1. The normalized spacial score (nSPS) is 10.0. The third-order valence-electron chi connectivity index (χ3n) is 2.13. The van der Waals surface area contributed by atoms with Gasteiger partial charge in [0.05, 0.1) is 13.7 Å². The van der Waals surface area contributed by atoms with Gasteiger partial charge >= 0.3 is 5.97 Å². The van der Waals surface area contributed by atoms with E-state index in [2.05, 4.69) is 20.7 Å². The summed E-state index contributed by atoms with van der Waals surface area (Å²) in [4.78, 5) is 10.9. The molecule has 88 valence electrons. The van der Waals surface area contributed by atoms with Gasteiger partial charge in [0.1, 0.15) is 5.75 Å². The van der Waals surface area contributed by atoms with Crippen LogP contribution in [0.5, 0.6) is 5.75 Å². The number of aliphatic hydroxyl groups excluding tert-OH is 1. The highest BCUT2D eigenvalue weighted by Crippen LogP contribution is 2.26. The molecule has 0 spiro atoms. The molecular formula is C11H13BrO4. The lowest BCUT2D eigenvalue weighted by molar-refractivity contribution is -0.142. The van der Waals surface area contributed by atoms with Crippen molar-refractivity contribution in [2.75, 3.05) is 13.7 Å². The molecular weight excluding hydrogens is 276 g/mol. The van der Waals surface area contributed by atoms with Gasteiger partial charge in [-0.25, -0.2) is 4.79 Å². The van der Waals surface area contributed by atoms with Crippen LogP contribution in [0.1, 0.15) is 11.1 Å². The smallest absolute Gasteiger partial charge is 0.343 e. The topological polar surface area (TPSA) is 55.8 Å². The molecule has 0 saturated carbocycles. The Morgan fingerprint density at radius 1 is 1.50 bits per heavy atom. The zero-order valence-electron chi connectivity index (χ0n) is 9.12. The Morgan fingerprint density at radius 2 is 2.19 bits per heavy atom. The minimum atomic E-state index is -0.431. The van der Waals surface area contributed by atoms with Crippen molar-refractivity contribution in [2.45, 2.75) is 13.5 Å². The first-order valence-electron chi connectivity index (χ1n) is 4.68. The van der Waals surface area contributed by atoms with E-state index in [1.807, 2.05) is 6.92 Å². The summed E-state index contributed by atoms with van der Waals surface area (Å²) < 4.78 is 10.5. The second-order valence-electron chi connectivity index (χ2n) is 3.22. The van der Waals surface area contributed by atoms with Crippen LogP contribution in [-0.4, -0.2) is 24.8 Å². The summed E-state index contributed by atoms with van der Waals surface area (Å²) >= 11 is 3.33. The molecule has 1 aromatic rings. The number of hydrogen-bond acceptors (Lipinski definition) is 4. The minimum Gasteiger partial charge on any atom is -0.482 e. The lowest BCUT2D eigenvalue weighted by Crippen LogP contribution is -2.12. The monoisotopic (exact) mass is 288 g/mol. The molecule has 0 radical (unpaired) electrons. The van der Waals surface area contributed by atoms with Crippen LogP contribution in [0, 0.1) is 6.92 Å². The van der Waals surface area contributed by atoms with E-state index < -0.39 is 5.97 Å². The number of benzene rings is 1. The first kappa shape index (κ1) is 13.0. The summed E-state index contributed by atoms with van der Waals surface area (Å²) in [6, 6.07) is 3.47. The molecule has 0 amide bonds. The fourth-order valence-corrected chi connectivity index (χ4v) is 1.89. The third kappa shape index (κ3) is 3.21. The lowest BCUT2D eigenvalue weighted by Gasteiger charge is -2.10. The Morgan fingerprint density at radius 3 is 2.69 bits per heavy atom. The van der Waals surface area contributed by atoms with Crippen LogP contribution in [0.2, 0.25) is 0 Å². The summed E-state index contributed by atoms with van der Waals surface area (Å²) in [7, 11) is 1.31. The molecule has 0 aliphatic heterocycles. The number of aliphatic hydroxyl groups is 1. The zero-order chi connectivity index (χ0) is 12.1. The molecule has 0 aliphatic carbocycles. The van der Waals surface area contributed by atoms with Crippen LogP contribution >= 0.6 is 15.9 Å². The van der Waals surface area contributed by atoms with Crippen LogP contribution < -0.4 is 4.74 Å². The summed E-state index contributed by atoms with van der Waals surface area (Å²) in [5.41, 5.74) is 1.71. The number of esters is 1. The number of carbonyl (C=O) groups excluding carboxylic acids is 1. The first-order chi connectivity index (χ1) is 7.58. The van der Waals surface area contributed by atoms with Crippen LogP contribution in [0.25, 0.3) is 0 Å². The second kappa shape index (κ2) is 5.86. The van der Waals surface area contributed by atoms with Crippen LogP contribution in [0.3, 0.4) is 0 Å². The average Bonchev–Trinajstić information content (AvgIpc) is 2.25. The van der Waals surface area contributed by atoms with Gasteiger partial charge in [-0.2, -0.15) is 0 Å². The molecule has 0 aliphatic rings. The van der Waals surface area contributed by atoms with E-state index in [1.165, 1.54) is 7.11 Å². The molecule has 0 heterocycles. The maximum absolute atomic E-state index is 10.9. The van der Waals surface area contributed by atoms with Crippen molar-refractivity contribution in [1.29, 1.82) is 0 Å². The Labute approximate surface area is 102 Å². The van der Waals surface area contributed by atoms with E-state index in [9.17, 15) is 4.79 Å². The average molecular weight is 289 g/mol. The maximum Gasteiger partial charge on any atom is 0.343 e. The van der Waals surface area contributed by atoms with Gasteiger partial charge in [-0.15, -0.1) is 0 Å². The second-order valence-corrected chi connectivity index (χ2v) is 4.08.